The van der Waals surface area contributed by atoms with Gasteiger partial charge in [0.25, 0.3) is 0 Å². The van der Waals surface area contributed by atoms with Crippen LogP contribution in [0.25, 0.3) is 0 Å². The second-order valence-electron chi connectivity index (χ2n) is 6.02. The Kier molecular flexibility index (Phi) is 4.48. The van der Waals surface area contributed by atoms with Crippen molar-refractivity contribution in [3.8, 4) is 0 Å². The number of aryl methyl sites for hydroxylation is 1. The first-order valence-electron chi connectivity index (χ1n) is 7.73. The number of rotatable bonds is 3. The van der Waals surface area contributed by atoms with Crippen molar-refractivity contribution in [2.75, 3.05) is 23.3 Å². The average Bonchev–Trinajstić information content (AvgIpc) is 2.49. The Labute approximate surface area is 136 Å². The Morgan fingerprint density at radius 2 is 2.00 bits per heavy atom. The lowest BCUT2D eigenvalue weighted by atomic mass is 10.0. The van der Waals surface area contributed by atoms with Crippen LogP contribution in [-0.4, -0.2) is 23.1 Å². The Hall–Kier alpha value is -1.81. The van der Waals surface area contributed by atoms with Gasteiger partial charge in [-0.25, -0.2) is 4.98 Å². The van der Waals surface area contributed by atoms with Crippen LogP contribution in [0.2, 0.25) is 5.02 Å². The van der Waals surface area contributed by atoms with E-state index in [0.717, 1.165) is 41.2 Å². The monoisotopic (exact) mass is 316 g/mol. The minimum absolute atomic E-state index is 0.635. The Morgan fingerprint density at radius 1 is 1.23 bits per heavy atom. The fraction of sp³-hybridized carbons (Fsp3) is 0.412. The molecule has 2 heterocycles. The molecule has 1 atom stereocenters. The zero-order chi connectivity index (χ0) is 15.5. The summed E-state index contributed by atoms with van der Waals surface area (Å²) < 4.78 is 0. The zero-order valence-electron chi connectivity index (χ0n) is 13.0. The molecule has 1 aliphatic heterocycles. The zero-order valence-corrected chi connectivity index (χ0v) is 13.8. The van der Waals surface area contributed by atoms with Crippen LogP contribution >= 0.6 is 11.6 Å². The fourth-order valence-electron chi connectivity index (χ4n) is 2.83. The summed E-state index contributed by atoms with van der Waals surface area (Å²) in [6.45, 7) is 6.44. The lowest BCUT2D eigenvalue weighted by Gasteiger charge is -2.32. The van der Waals surface area contributed by atoms with Crippen LogP contribution in [0.4, 0.5) is 17.5 Å². The van der Waals surface area contributed by atoms with Gasteiger partial charge < -0.3 is 10.2 Å². The summed E-state index contributed by atoms with van der Waals surface area (Å²) in [5.41, 5.74) is 1.91. The van der Waals surface area contributed by atoms with Crippen molar-refractivity contribution >= 4 is 29.1 Å². The normalized spacial score (nSPS) is 18.3. The van der Waals surface area contributed by atoms with E-state index in [0.29, 0.717) is 5.95 Å². The minimum Gasteiger partial charge on any atom is -0.356 e. The van der Waals surface area contributed by atoms with Gasteiger partial charge in [-0.1, -0.05) is 18.5 Å². The second kappa shape index (κ2) is 6.53. The van der Waals surface area contributed by atoms with Crippen LogP contribution in [0.15, 0.2) is 30.3 Å². The molecule has 1 saturated heterocycles. The van der Waals surface area contributed by atoms with Crippen LogP contribution in [0.3, 0.4) is 0 Å². The number of nitrogens with zero attached hydrogens (tertiary/aromatic N) is 3. The molecule has 116 valence electrons. The first-order chi connectivity index (χ1) is 10.6. The van der Waals surface area contributed by atoms with Crippen LogP contribution < -0.4 is 10.2 Å². The second-order valence-corrected chi connectivity index (χ2v) is 6.45. The Morgan fingerprint density at radius 3 is 2.73 bits per heavy atom. The van der Waals surface area contributed by atoms with Crippen molar-refractivity contribution in [1.82, 2.24) is 9.97 Å². The standard InChI is InChI=1S/C17H21ClN4/c1-12-4-3-9-22(11-12)16-10-13(2)19-17(21-16)20-15-7-5-14(18)6-8-15/h5-8,10,12H,3-4,9,11H2,1-2H3,(H,19,20,21). The molecule has 0 saturated carbocycles. The van der Waals surface area contributed by atoms with Crippen LogP contribution in [0.1, 0.15) is 25.5 Å². The van der Waals surface area contributed by atoms with Crippen molar-refractivity contribution in [2.45, 2.75) is 26.7 Å². The van der Waals surface area contributed by atoms with Crippen molar-refractivity contribution in [3.05, 3.63) is 41.0 Å². The number of hydrogen-bond acceptors (Lipinski definition) is 4. The summed E-state index contributed by atoms with van der Waals surface area (Å²) in [6.07, 6.45) is 2.53. The van der Waals surface area contributed by atoms with E-state index in [-0.39, 0.29) is 0 Å². The molecule has 1 aromatic heterocycles. The molecule has 0 spiro atoms. The number of nitrogens with one attached hydrogen (secondary N) is 1. The quantitative estimate of drug-likeness (QED) is 0.910. The predicted octanol–water partition coefficient (Wildman–Crippen LogP) is 4.42. The van der Waals surface area contributed by atoms with E-state index in [9.17, 15) is 0 Å². The largest absolute Gasteiger partial charge is 0.356 e. The van der Waals surface area contributed by atoms with E-state index in [1.54, 1.807) is 0 Å². The molecule has 0 aliphatic carbocycles. The summed E-state index contributed by atoms with van der Waals surface area (Å²) in [7, 11) is 0. The van der Waals surface area contributed by atoms with E-state index in [2.05, 4.69) is 33.2 Å². The number of benzene rings is 1. The van der Waals surface area contributed by atoms with Gasteiger partial charge in [0.1, 0.15) is 5.82 Å². The molecule has 3 rings (SSSR count). The molecule has 22 heavy (non-hydrogen) atoms. The highest BCUT2D eigenvalue weighted by molar-refractivity contribution is 6.30. The molecule has 1 N–H and O–H groups in total. The van der Waals surface area contributed by atoms with E-state index < -0.39 is 0 Å². The summed E-state index contributed by atoms with van der Waals surface area (Å²) in [5.74, 6) is 2.36. The van der Waals surface area contributed by atoms with Crippen molar-refractivity contribution in [2.24, 2.45) is 5.92 Å². The number of halogens is 1. The third kappa shape index (κ3) is 3.69. The van der Waals surface area contributed by atoms with Crippen molar-refractivity contribution in [1.29, 1.82) is 0 Å². The highest BCUT2D eigenvalue weighted by Gasteiger charge is 2.18. The van der Waals surface area contributed by atoms with Gasteiger partial charge in [0.2, 0.25) is 5.95 Å². The molecule has 1 aromatic carbocycles. The van der Waals surface area contributed by atoms with E-state index >= 15 is 0 Å². The van der Waals surface area contributed by atoms with Gasteiger partial charge in [-0.15, -0.1) is 0 Å². The van der Waals surface area contributed by atoms with Gasteiger partial charge in [0.15, 0.2) is 0 Å². The third-order valence-corrected chi connectivity index (χ3v) is 4.17. The lowest BCUT2D eigenvalue weighted by molar-refractivity contribution is 0.444. The summed E-state index contributed by atoms with van der Waals surface area (Å²) >= 11 is 5.91. The SMILES string of the molecule is Cc1cc(N2CCCC(C)C2)nc(Nc2ccc(Cl)cc2)n1. The number of anilines is 3. The first-order valence-corrected chi connectivity index (χ1v) is 8.11. The third-order valence-electron chi connectivity index (χ3n) is 3.92. The molecule has 5 heteroatoms. The van der Waals surface area contributed by atoms with Gasteiger partial charge in [0.05, 0.1) is 0 Å². The lowest BCUT2D eigenvalue weighted by Crippen LogP contribution is -2.35. The molecule has 2 aromatic rings. The average molecular weight is 317 g/mol. The van der Waals surface area contributed by atoms with Crippen LogP contribution in [0.5, 0.6) is 0 Å². The van der Waals surface area contributed by atoms with Gasteiger partial charge in [0, 0.05) is 35.6 Å². The van der Waals surface area contributed by atoms with E-state index in [1.807, 2.05) is 31.2 Å². The van der Waals surface area contributed by atoms with Crippen LogP contribution in [0, 0.1) is 12.8 Å². The number of hydrogen-bond donors (Lipinski definition) is 1. The summed E-state index contributed by atoms with van der Waals surface area (Å²) in [6, 6.07) is 9.62. The van der Waals surface area contributed by atoms with E-state index in [1.165, 1.54) is 12.8 Å². The van der Waals surface area contributed by atoms with Gasteiger partial charge in [-0.05, 0) is 49.9 Å². The summed E-state index contributed by atoms with van der Waals surface area (Å²) in [4.78, 5) is 11.5. The van der Waals surface area contributed by atoms with Crippen LogP contribution in [-0.2, 0) is 0 Å². The smallest absolute Gasteiger partial charge is 0.229 e. The van der Waals surface area contributed by atoms with Gasteiger partial charge >= 0.3 is 0 Å². The maximum absolute atomic E-state index is 5.91. The maximum atomic E-state index is 5.91. The minimum atomic E-state index is 0.635. The maximum Gasteiger partial charge on any atom is 0.229 e. The molecular weight excluding hydrogens is 296 g/mol. The first kappa shape index (κ1) is 15.1. The Bertz CT molecular complexity index is 642. The fourth-order valence-corrected chi connectivity index (χ4v) is 2.96. The Balaban J connectivity index is 1.81. The van der Waals surface area contributed by atoms with Crippen molar-refractivity contribution < 1.29 is 0 Å². The van der Waals surface area contributed by atoms with Crippen molar-refractivity contribution in [3.63, 3.8) is 0 Å². The molecule has 4 nitrogen and oxygen atoms in total. The number of piperidine rings is 1. The molecule has 1 aliphatic rings. The van der Waals surface area contributed by atoms with Gasteiger partial charge in [-0.2, -0.15) is 4.98 Å². The topological polar surface area (TPSA) is 41.1 Å². The van der Waals surface area contributed by atoms with E-state index in [4.69, 9.17) is 11.6 Å². The summed E-state index contributed by atoms with van der Waals surface area (Å²) in [5, 5.41) is 3.98. The molecule has 1 unspecified atom stereocenters. The van der Waals surface area contributed by atoms with Gasteiger partial charge in [-0.3, -0.25) is 0 Å². The molecule has 0 amide bonds. The number of aromatic nitrogens is 2. The predicted molar refractivity (Wildman–Crippen MR) is 92.1 cm³/mol. The molecular formula is C17H21ClN4. The highest BCUT2D eigenvalue weighted by Crippen LogP contribution is 2.24. The molecule has 0 radical (unpaired) electrons. The molecule has 1 fully saturated rings. The molecule has 0 bridgehead atoms. The highest BCUT2D eigenvalue weighted by atomic mass is 35.5.